The molecule has 0 bridgehead atoms. The molecule has 2 amide bonds. The second-order valence-corrected chi connectivity index (χ2v) is 6.81. The first-order valence-corrected chi connectivity index (χ1v) is 8.87. The predicted octanol–water partition coefficient (Wildman–Crippen LogP) is 3.20. The Bertz CT molecular complexity index is 696. The Balaban J connectivity index is 1.51. The van der Waals surface area contributed by atoms with Crippen molar-refractivity contribution < 1.29 is 14.0 Å². The smallest absolute Gasteiger partial charge is 0.261 e. The number of nitrogens with one attached hydrogen (secondary N) is 1. The van der Waals surface area contributed by atoms with Crippen molar-refractivity contribution in [1.82, 2.24) is 10.2 Å². The van der Waals surface area contributed by atoms with Crippen LogP contribution in [0.1, 0.15) is 34.5 Å². The summed E-state index contributed by atoms with van der Waals surface area (Å²) < 4.78 is 13.0. The quantitative estimate of drug-likeness (QED) is 0.837. The number of thiophene rings is 1. The fraction of sp³-hybridized carbons (Fsp3) is 0.333. The molecular formula is C18H19FN2O2S. The lowest BCUT2D eigenvalue weighted by atomic mass is 10.2. The molecule has 1 N–H and O–H groups in total. The number of benzene rings is 1. The van der Waals surface area contributed by atoms with Crippen LogP contribution in [0.5, 0.6) is 0 Å². The third-order valence-electron chi connectivity index (χ3n) is 3.94. The number of hydrogen-bond acceptors (Lipinski definition) is 3. The normalized spacial score (nSPS) is 13.5. The predicted molar refractivity (Wildman–Crippen MR) is 91.2 cm³/mol. The van der Waals surface area contributed by atoms with E-state index >= 15 is 0 Å². The summed E-state index contributed by atoms with van der Waals surface area (Å²) in [6.07, 6.45) is 2.29. The van der Waals surface area contributed by atoms with Crippen LogP contribution < -0.4 is 5.32 Å². The van der Waals surface area contributed by atoms with Gasteiger partial charge in [-0.3, -0.25) is 9.59 Å². The number of rotatable bonds is 7. The first kappa shape index (κ1) is 16.6. The summed E-state index contributed by atoms with van der Waals surface area (Å²) in [7, 11) is 0. The molecule has 0 radical (unpaired) electrons. The van der Waals surface area contributed by atoms with Gasteiger partial charge in [-0.05, 0) is 42.0 Å². The van der Waals surface area contributed by atoms with E-state index in [0.29, 0.717) is 18.0 Å². The molecule has 0 unspecified atom stereocenters. The van der Waals surface area contributed by atoms with Crippen LogP contribution in [0.2, 0.25) is 0 Å². The van der Waals surface area contributed by atoms with Crippen LogP contribution in [0.4, 0.5) is 4.39 Å². The SMILES string of the molecule is O=C(NCCC(=O)N(Cc1ccc(F)cc1)C1CC1)c1cccs1. The summed E-state index contributed by atoms with van der Waals surface area (Å²) >= 11 is 1.38. The van der Waals surface area contributed by atoms with Crippen LogP contribution in [-0.4, -0.2) is 29.3 Å². The number of halogens is 1. The summed E-state index contributed by atoms with van der Waals surface area (Å²) in [5.41, 5.74) is 0.916. The third kappa shape index (κ3) is 4.41. The zero-order chi connectivity index (χ0) is 16.9. The molecule has 0 atom stereocenters. The van der Waals surface area contributed by atoms with E-state index in [2.05, 4.69) is 5.32 Å². The van der Waals surface area contributed by atoms with Gasteiger partial charge in [0.25, 0.3) is 5.91 Å². The van der Waals surface area contributed by atoms with Gasteiger partial charge in [0.15, 0.2) is 0 Å². The van der Waals surface area contributed by atoms with Crippen molar-refractivity contribution in [2.24, 2.45) is 0 Å². The Labute approximate surface area is 144 Å². The summed E-state index contributed by atoms with van der Waals surface area (Å²) in [5, 5.41) is 4.62. The molecule has 2 aromatic rings. The minimum absolute atomic E-state index is 0.0216. The van der Waals surface area contributed by atoms with Gasteiger partial charge in [-0.1, -0.05) is 18.2 Å². The highest BCUT2D eigenvalue weighted by molar-refractivity contribution is 7.12. The Hall–Kier alpha value is -2.21. The van der Waals surface area contributed by atoms with Crippen molar-refractivity contribution in [3.8, 4) is 0 Å². The van der Waals surface area contributed by atoms with Crippen molar-refractivity contribution in [1.29, 1.82) is 0 Å². The second-order valence-electron chi connectivity index (χ2n) is 5.86. The van der Waals surface area contributed by atoms with E-state index < -0.39 is 0 Å². The fourth-order valence-electron chi connectivity index (χ4n) is 2.52. The van der Waals surface area contributed by atoms with Crippen molar-refractivity contribution in [2.75, 3.05) is 6.54 Å². The summed E-state index contributed by atoms with van der Waals surface area (Å²) in [5.74, 6) is -0.401. The highest BCUT2D eigenvalue weighted by Gasteiger charge is 2.32. The Morgan fingerprint density at radius 1 is 1.21 bits per heavy atom. The molecule has 3 rings (SSSR count). The number of hydrogen-bond donors (Lipinski definition) is 1. The number of carbonyl (C=O) groups excluding carboxylic acids is 2. The second kappa shape index (κ2) is 7.57. The first-order valence-electron chi connectivity index (χ1n) is 7.99. The van der Waals surface area contributed by atoms with Gasteiger partial charge in [0.2, 0.25) is 5.91 Å². The largest absolute Gasteiger partial charge is 0.351 e. The Morgan fingerprint density at radius 3 is 2.58 bits per heavy atom. The summed E-state index contributed by atoms with van der Waals surface area (Å²) in [6, 6.07) is 10.1. The van der Waals surface area contributed by atoms with Crippen LogP contribution in [0.15, 0.2) is 41.8 Å². The van der Waals surface area contributed by atoms with Crippen molar-refractivity contribution in [2.45, 2.75) is 31.8 Å². The molecule has 1 aromatic heterocycles. The van der Waals surface area contributed by atoms with Gasteiger partial charge in [-0.15, -0.1) is 11.3 Å². The number of nitrogens with zero attached hydrogens (tertiary/aromatic N) is 1. The molecule has 24 heavy (non-hydrogen) atoms. The molecule has 1 fully saturated rings. The molecule has 1 heterocycles. The zero-order valence-electron chi connectivity index (χ0n) is 13.2. The lowest BCUT2D eigenvalue weighted by Crippen LogP contribution is -2.35. The molecule has 126 valence electrons. The Morgan fingerprint density at radius 2 is 1.96 bits per heavy atom. The topological polar surface area (TPSA) is 49.4 Å². The third-order valence-corrected chi connectivity index (χ3v) is 4.81. The van der Waals surface area contributed by atoms with E-state index in [4.69, 9.17) is 0 Å². The fourth-order valence-corrected chi connectivity index (χ4v) is 3.16. The van der Waals surface area contributed by atoms with Gasteiger partial charge >= 0.3 is 0 Å². The van der Waals surface area contributed by atoms with Gasteiger partial charge in [-0.2, -0.15) is 0 Å². The molecule has 1 aromatic carbocycles. The molecular weight excluding hydrogens is 327 g/mol. The number of amides is 2. The van der Waals surface area contributed by atoms with Crippen LogP contribution in [0.25, 0.3) is 0 Å². The van der Waals surface area contributed by atoms with E-state index in [1.165, 1.54) is 23.5 Å². The lowest BCUT2D eigenvalue weighted by molar-refractivity contribution is -0.132. The molecule has 1 aliphatic rings. The summed E-state index contributed by atoms with van der Waals surface area (Å²) in [6.45, 7) is 0.810. The molecule has 6 heteroatoms. The van der Waals surface area contributed by atoms with Crippen LogP contribution in [0, 0.1) is 5.82 Å². The van der Waals surface area contributed by atoms with Crippen LogP contribution >= 0.6 is 11.3 Å². The highest BCUT2D eigenvalue weighted by Crippen LogP contribution is 2.29. The Kier molecular flexibility index (Phi) is 5.25. The minimum Gasteiger partial charge on any atom is -0.351 e. The molecule has 1 aliphatic carbocycles. The standard InChI is InChI=1S/C18H19FN2O2S/c19-14-5-3-13(4-6-14)12-21(15-7-8-15)17(22)9-10-20-18(23)16-2-1-11-24-16/h1-6,11,15H,7-10,12H2,(H,20,23). The molecule has 4 nitrogen and oxygen atoms in total. The van der Waals surface area contributed by atoms with E-state index in [1.807, 2.05) is 16.3 Å². The van der Waals surface area contributed by atoms with Crippen LogP contribution in [0.3, 0.4) is 0 Å². The van der Waals surface area contributed by atoms with E-state index in [9.17, 15) is 14.0 Å². The van der Waals surface area contributed by atoms with Gasteiger partial charge in [-0.25, -0.2) is 4.39 Å². The van der Waals surface area contributed by atoms with Gasteiger partial charge < -0.3 is 10.2 Å². The van der Waals surface area contributed by atoms with Gasteiger partial charge in [0.1, 0.15) is 5.82 Å². The van der Waals surface area contributed by atoms with Gasteiger partial charge in [0, 0.05) is 25.6 Å². The van der Waals surface area contributed by atoms with E-state index in [1.54, 1.807) is 18.2 Å². The molecule has 0 aliphatic heterocycles. The molecule has 1 saturated carbocycles. The molecule has 0 spiro atoms. The average Bonchev–Trinajstić information content (AvgIpc) is 3.26. The van der Waals surface area contributed by atoms with Crippen molar-refractivity contribution in [3.05, 3.63) is 58.0 Å². The average molecular weight is 346 g/mol. The maximum Gasteiger partial charge on any atom is 0.261 e. The maximum absolute atomic E-state index is 13.0. The minimum atomic E-state index is -0.278. The number of carbonyl (C=O) groups is 2. The molecule has 0 saturated heterocycles. The first-order chi connectivity index (χ1) is 11.6. The van der Waals surface area contributed by atoms with Crippen molar-refractivity contribution in [3.63, 3.8) is 0 Å². The monoisotopic (exact) mass is 346 g/mol. The van der Waals surface area contributed by atoms with Gasteiger partial charge in [0.05, 0.1) is 4.88 Å². The van der Waals surface area contributed by atoms with Crippen molar-refractivity contribution >= 4 is 23.2 Å². The lowest BCUT2D eigenvalue weighted by Gasteiger charge is -2.22. The highest BCUT2D eigenvalue weighted by atomic mass is 32.1. The van der Waals surface area contributed by atoms with Crippen LogP contribution in [-0.2, 0) is 11.3 Å². The van der Waals surface area contributed by atoms with E-state index in [-0.39, 0.29) is 30.1 Å². The maximum atomic E-state index is 13.0. The zero-order valence-corrected chi connectivity index (χ0v) is 14.0. The summed E-state index contributed by atoms with van der Waals surface area (Å²) in [4.78, 5) is 26.8. The van der Waals surface area contributed by atoms with E-state index in [0.717, 1.165) is 18.4 Å².